The van der Waals surface area contributed by atoms with Crippen molar-refractivity contribution >= 4 is 23.2 Å². The number of aryl methyl sites for hydroxylation is 1. The highest BCUT2D eigenvalue weighted by Crippen LogP contribution is 2.21. The molecule has 4 nitrogen and oxygen atoms in total. The van der Waals surface area contributed by atoms with Crippen LogP contribution in [0.3, 0.4) is 0 Å². The minimum Gasteiger partial charge on any atom is -0.507 e. The molecule has 0 aliphatic heterocycles. The van der Waals surface area contributed by atoms with Crippen LogP contribution < -0.4 is 5.43 Å². The summed E-state index contributed by atoms with van der Waals surface area (Å²) in [6.45, 7) is 3.78. The van der Waals surface area contributed by atoms with Gasteiger partial charge in [-0.2, -0.15) is 5.10 Å². The number of rotatable bonds is 3. The van der Waals surface area contributed by atoms with Gasteiger partial charge in [0, 0.05) is 10.6 Å². The molecule has 0 saturated heterocycles. The third-order valence-corrected chi connectivity index (χ3v) is 3.30. The second kappa shape index (κ2) is 6.41. The van der Waals surface area contributed by atoms with Crippen LogP contribution in [0.2, 0.25) is 5.02 Å². The summed E-state index contributed by atoms with van der Waals surface area (Å²) in [6.07, 6.45) is 0. The number of halogens is 1. The van der Waals surface area contributed by atoms with Gasteiger partial charge in [-0.05, 0) is 37.6 Å². The minimum absolute atomic E-state index is 0.0869. The van der Waals surface area contributed by atoms with Gasteiger partial charge in [-0.3, -0.25) is 4.79 Å². The second-order valence-electron chi connectivity index (χ2n) is 4.61. The molecule has 0 unspecified atom stereocenters. The number of amides is 1. The number of carbonyl (C=O) groups excluding carboxylic acids is 1. The maximum atomic E-state index is 12.0. The van der Waals surface area contributed by atoms with E-state index in [0.717, 1.165) is 11.1 Å². The van der Waals surface area contributed by atoms with Crippen molar-refractivity contribution in [3.63, 3.8) is 0 Å². The zero-order chi connectivity index (χ0) is 15.4. The van der Waals surface area contributed by atoms with E-state index in [4.69, 9.17) is 11.6 Å². The summed E-state index contributed by atoms with van der Waals surface area (Å²) < 4.78 is 0. The standard InChI is InChI=1S/C16H15ClN2O2/c1-10-5-3-4-6-13(10)11(2)18-19-16(21)14-9-12(17)7-8-15(14)20/h3-9,20H,1-2H3,(H,19,21)/b18-11-. The highest BCUT2D eigenvalue weighted by molar-refractivity contribution is 6.31. The molecular formula is C16H15ClN2O2. The third kappa shape index (κ3) is 3.61. The van der Waals surface area contributed by atoms with Crippen LogP contribution in [0.4, 0.5) is 0 Å². The summed E-state index contributed by atoms with van der Waals surface area (Å²) in [5, 5.41) is 14.1. The van der Waals surface area contributed by atoms with Crippen molar-refractivity contribution in [2.75, 3.05) is 0 Å². The molecular weight excluding hydrogens is 288 g/mol. The monoisotopic (exact) mass is 302 g/mol. The predicted octanol–water partition coefficient (Wildman–Crippen LogP) is 3.51. The fourth-order valence-electron chi connectivity index (χ4n) is 1.92. The number of hydrogen-bond donors (Lipinski definition) is 2. The Morgan fingerprint density at radius 3 is 2.62 bits per heavy atom. The van der Waals surface area contributed by atoms with E-state index in [0.29, 0.717) is 10.7 Å². The Labute approximate surface area is 128 Å². The summed E-state index contributed by atoms with van der Waals surface area (Å²) in [7, 11) is 0. The normalized spacial score (nSPS) is 11.3. The fraction of sp³-hybridized carbons (Fsp3) is 0.125. The van der Waals surface area contributed by atoms with Gasteiger partial charge in [-0.15, -0.1) is 0 Å². The van der Waals surface area contributed by atoms with Crippen LogP contribution in [-0.2, 0) is 0 Å². The van der Waals surface area contributed by atoms with Gasteiger partial charge in [0.05, 0.1) is 11.3 Å². The van der Waals surface area contributed by atoms with Crippen LogP contribution in [0.1, 0.15) is 28.4 Å². The number of hydrazone groups is 1. The number of carbonyl (C=O) groups is 1. The van der Waals surface area contributed by atoms with Crippen LogP contribution >= 0.6 is 11.6 Å². The Morgan fingerprint density at radius 1 is 1.19 bits per heavy atom. The molecule has 0 aliphatic rings. The molecule has 0 heterocycles. The highest BCUT2D eigenvalue weighted by Gasteiger charge is 2.11. The maximum absolute atomic E-state index is 12.0. The van der Waals surface area contributed by atoms with Gasteiger partial charge in [0.15, 0.2) is 0 Å². The van der Waals surface area contributed by atoms with Crippen LogP contribution in [0, 0.1) is 6.92 Å². The summed E-state index contributed by atoms with van der Waals surface area (Å²) in [5.74, 6) is -0.649. The molecule has 21 heavy (non-hydrogen) atoms. The van der Waals surface area contributed by atoms with Crippen molar-refractivity contribution in [2.45, 2.75) is 13.8 Å². The molecule has 0 spiro atoms. The lowest BCUT2D eigenvalue weighted by Gasteiger charge is -2.07. The van der Waals surface area contributed by atoms with Gasteiger partial charge in [-0.1, -0.05) is 35.9 Å². The van der Waals surface area contributed by atoms with Gasteiger partial charge in [-0.25, -0.2) is 5.43 Å². The molecule has 0 saturated carbocycles. The van der Waals surface area contributed by atoms with E-state index in [2.05, 4.69) is 10.5 Å². The molecule has 0 fully saturated rings. The van der Waals surface area contributed by atoms with E-state index in [1.54, 1.807) is 6.92 Å². The van der Waals surface area contributed by atoms with Crippen molar-refractivity contribution < 1.29 is 9.90 Å². The summed E-state index contributed by atoms with van der Waals surface area (Å²) in [4.78, 5) is 12.0. The number of aromatic hydroxyl groups is 1. The number of nitrogens with one attached hydrogen (secondary N) is 1. The quantitative estimate of drug-likeness (QED) is 0.673. The zero-order valence-corrected chi connectivity index (χ0v) is 12.5. The van der Waals surface area contributed by atoms with E-state index in [1.807, 2.05) is 31.2 Å². The molecule has 0 aromatic heterocycles. The molecule has 1 amide bonds. The first kappa shape index (κ1) is 15.1. The molecule has 0 aliphatic carbocycles. The van der Waals surface area contributed by atoms with Crippen molar-refractivity contribution in [1.82, 2.24) is 5.43 Å². The molecule has 0 bridgehead atoms. The van der Waals surface area contributed by atoms with E-state index in [1.165, 1.54) is 18.2 Å². The van der Waals surface area contributed by atoms with Crippen LogP contribution in [0.25, 0.3) is 0 Å². The summed E-state index contributed by atoms with van der Waals surface area (Å²) in [6, 6.07) is 12.0. The number of benzene rings is 2. The van der Waals surface area contributed by atoms with Crippen molar-refractivity contribution in [3.05, 3.63) is 64.2 Å². The molecule has 2 aromatic rings. The van der Waals surface area contributed by atoms with E-state index < -0.39 is 5.91 Å². The molecule has 2 aromatic carbocycles. The number of nitrogens with zero attached hydrogens (tertiary/aromatic N) is 1. The maximum Gasteiger partial charge on any atom is 0.275 e. The second-order valence-corrected chi connectivity index (χ2v) is 5.05. The van der Waals surface area contributed by atoms with Crippen LogP contribution in [0.5, 0.6) is 5.75 Å². The fourth-order valence-corrected chi connectivity index (χ4v) is 2.10. The smallest absolute Gasteiger partial charge is 0.275 e. The van der Waals surface area contributed by atoms with Crippen LogP contribution in [-0.4, -0.2) is 16.7 Å². The SMILES string of the molecule is C/C(=N/NC(=O)c1cc(Cl)ccc1O)c1ccccc1C. The molecule has 2 rings (SSSR count). The largest absolute Gasteiger partial charge is 0.507 e. The number of phenolic OH excluding ortho intramolecular Hbond substituents is 1. The van der Waals surface area contributed by atoms with Crippen LogP contribution in [0.15, 0.2) is 47.6 Å². The van der Waals surface area contributed by atoms with Crippen molar-refractivity contribution in [1.29, 1.82) is 0 Å². The van der Waals surface area contributed by atoms with E-state index in [-0.39, 0.29) is 11.3 Å². The van der Waals surface area contributed by atoms with Crippen molar-refractivity contribution in [3.8, 4) is 5.75 Å². The third-order valence-electron chi connectivity index (χ3n) is 3.06. The lowest BCUT2D eigenvalue weighted by atomic mass is 10.1. The lowest BCUT2D eigenvalue weighted by Crippen LogP contribution is -2.19. The average Bonchev–Trinajstić information content (AvgIpc) is 2.47. The molecule has 0 atom stereocenters. The Balaban J connectivity index is 2.19. The van der Waals surface area contributed by atoms with Gasteiger partial charge in [0.2, 0.25) is 0 Å². The number of phenols is 1. The Hall–Kier alpha value is -2.33. The summed E-state index contributed by atoms with van der Waals surface area (Å²) >= 11 is 5.81. The molecule has 108 valence electrons. The predicted molar refractivity (Wildman–Crippen MR) is 84.0 cm³/mol. The van der Waals surface area contributed by atoms with Gasteiger partial charge in [0.1, 0.15) is 5.75 Å². The lowest BCUT2D eigenvalue weighted by molar-refractivity contribution is 0.0952. The first-order chi connectivity index (χ1) is 9.99. The topological polar surface area (TPSA) is 61.7 Å². The zero-order valence-electron chi connectivity index (χ0n) is 11.7. The molecule has 5 heteroatoms. The van der Waals surface area contributed by atoms with Gasteiger partial charge < -0.3 is 5.11 Å². The summed E-state index contributed by atoms with van der Waals surface area (Å²) in [5.41, 5.74) is 5.21. The van der Waals surface area contributed by atoms with Gasteiger partial charge in [0.25, 0.3) is 5.91 Å². The Kier molecular flexibility index (Phi) is 4.60. The molecule has 0 radical (unpaired) electrons. The minimum atomic E-state index is -0.511. The first-order valence-electron chi connectivity index (χ1n) is 6.38. The van der Waals surface area contributed by atoms with Crippen molar-refractivity contribution in [2.24, 2.45) is 5.10 Å². The van der Waals surface area contributed by atoms with E-state index in [9.17, 15) is 9.90 Å². The number of hydrogen-bond acceptors (Lipinski definition) is 3. The first-order valence-corrected chi connectivity index (χ1v) is 6.76. The highest BCUT2D eigenvalue weighted by atomic mass is 35.5. The Bertz CT molecular complexity index is 711. The molecule has 2 N–H and O–H groups in total. The Morgan fingerprint density at radius 2 is 1.90 bits per heavy atom. The van der Waals surface area contributed by atoms with E-state index >= 15 is 0 Å². The average molecular weight is 303 g/mol. The van der Waals surface area contributed by atoms with Gasteiger partial charge >= 0.3 is 0 Å².